The van der Waals surface area contributed by atoms with Crippen LogP contribution in [-0.2, 0) is 4.79 Å². The van der Waals surface area contributed by atoms with Crippen LogP contribution in [0.1, 0.15) is 19.3 Å². The van der Waals surface area contributed by atoms with Gasteiger partial charge >= 0.3 is 0 Å². The monoisotopic (exact) mass is 209 g/mol. The summed E-state index contributed by atoms with van der Waals surface area (Å²) < 4.78 is 0. The molecule has 3 fully saturated rings. The van der Waals surface area contributed by atoms with E-state index in [4.69, 9.17) is 11.6 Å². The van der Waals surface area contributed by atoms with Crippen LogP contribution >= 0.6 is 24.0 Å². The van der Waals surface area contributed by atoms with Gasteiger partial charge in [-0.1, -0.05) is 0 Å². The van der Waals surface area contributed by atoms with Gasteiger partial charge in [0.15, 0.2) is 0 Å². The standard InChI is InChI=1S/C8H12ClNO.ClH/c9-7(11)8-1-4-10(5-2-8)6-3-8;/h1-6H2;1H. The van der Waals surface area contributed by atoms with Crippen LogP contribution in [0.25, 0.3) is 0 Å². The number of piperidine rings is 3. The number of rotatable bonds is 1. The number of nitrogens with zero attached hydrogens (tertiary/aromatic N) is 1. The molecule has 12 heavy (non-hydrogen) atoms. The van der Waals surface area contributed by atoms with Crippen LogP contribution in [0, 0.1) is 5.41 Å². The average molecular weight is 210 g/mol. The lowest BCUT2D eigenvalue weighted by molar-refractivity contribution is -0.127. The van der Waals surface area contributed by atoms with Crippen molar-refractivity contribution in [2.24, 2.45) is 5.41 Å². The molecule has 3 heterocycles. The zero-order valence-corrected chi connectivity index (χ0v) is 8.46. The predicted molar refractivity (Wildman–Crippen MR) is 50.8 cm³/mol. The van der Waals surface area contributed by atoms with Crippen LogP contribution in [0.3, 0.4) is 0 Å². The Kier molecular flexibility index (Phi) is 3.02. The summed E-state index contributed by atoms with van der Waals surface area (Å²) in [4.78, 5) is 13.5. The number of halogens is 2. The maximum Gasteiger partial charge on any atom is 0.227 e. The molecule has 0 saturated carbocycles. The van der Waals surface area contributed by atoms with Crippen molar-refractivity contribution in [1.29, 1.82) is 0 Å². The molecule has 0 aromatic carbocycles. The average Bonchev–Trinajstić information content (AvgIpc) is 2.08. The van der Waals surface area contributed by atoms with Gasteiger partial charge < -0.3 is 4.90 Å². The van der Waals surface area contributed by atoms with Crippen molar-refractivity contribution in [1.82, 2.24) is 4.90 Å². The summed E-state index contributed by atoms with van der Waals surface area (Å²) >= 11 is 5.58. The molecule has 3 aliphatic rings. The van der Waals surface area contributed by atoms with E-state index >= 15 is 0 Å². The normalized spacial score (nSPS) is 38.9. The highest BCUT2D eigenvalue weighted by atomic mass is 35.5. The molecule has 0 spiro atoms. The number of carbonyl (C=O) groups is 1. The quantitative estimate of drug-likeness (QED) is 0.613. The van der Waals surface area contributed by atoms with Crippen molar-refractivity contribution in [2.45, 2.75) is 19.3 Å². The highest BCUT2D eigenvalue weighted by Gasteiger charge is 2.43. The minimum absolute atomic E-state index is 0. The summed E-state index contributed by atoms with van der Waals surface area (Å²) in [5, 5.41) is -0.100. The largest absolute Gasteiger partial charge is 0.303 e. The second kappa shape index (κ2) is 3.52. The third kappa shape index (κ3) is 1.48. The van der Waals surface area contributed by atoms with Crippen molar-refractivity contribution in [3.05, 3.63) is 0 Å². The summed E-state index contributed by atoms with van der Waals surface area (Å²) in [6.45, 7) is 3.20. The first-order valence-corrected chi connectivity index (χ1v) is 4.53. The lowest BCUT2D eigenvalue weighted by atomic mass is 9.73. The molecular formula is C8H13Cl2NO. The van der Waals surface area contributed by atoms with Gasteiger partial charge in [-0.3, -0.25) is 4.79 Å². The van der Waals surface area contributed by atoms with Crippen molar-refractivity contribution >= 4 is 29.3 Å². The highest BCUT2D eigenvalue weighted by molar-refractivity contribution is 6.64. The highest BCUT2D eigenvalue weighted by Crippen LogP contribution is 2.41. The minimum atomic E-state index is -0.129. The molecule has 0 unspecified atom stereocenters. The zero-order valence-electron chi connectivity index (χ0n) is 6.88. The van der Waals surface area contributed by atoms with Crippen LogP contribution in [0.4, 0.5) is 0 Å². The Hall–Kier alpha value is 0.210. The van der Waals surface area contributed by atoms with Crippen molar-refractivity contribution in [3.63, 3.8) is 0 Å². The lowest BCUT2D eigenvalue weighted by Crippen LogP contribution is -2.50. The summed E-state index contributed by atoms with van der Waals surface area (Å²) in [7, 11) is 0. The number of fused-ring (bicyclic) bond motifs is 3. The van der Waals surface area contributed by atoms with Gasteiger partial charge in [-0.05, 0) is 50.5 Å². The molecule has 0 N–H and O–H groups in total. The van der Waals surface area contributed by atoms with Gasteiger partial charge in [-0.15, -0.1) is 12.4 Å². The Bertz CT molecular complexity index is 174. The number of hydrogen-bond acceptors (Lipinski definition) is 2. The lowest BCUT2D eigenvalue weighted by Gasteiger charge is -2.46. The summed E-state index contributed by atoms with van der Waals surface area (Å²) in [5.74, 6) is 0. The minimum Gasteiger partial charge on any atom is -0.303 e. The Morgan fingerprint density at radius 3 is 1.83 bits per heavy atom. The Morgan fingerprint density at radius 2 is 1.58 bits per heavy atom. The maximum absolute atomic E-state index is 11.1. The first kappa shape index (κ1) is 10.3. The molecule has 2 nitrogen and oxygen atoms in total. The molecule has 3 rings (SSSR count). The van der Waals surface area contributed by atoms with Crippen LogP contribution in [0.5, 0.6) is 0 Å². The van der Waals surface area contributed by atoms with E-state index in [0.717, 1.165) is 38.9 Å². The van der Waals surface area contributed by atoms with E-state index in [0.29, 0.717) is 0 Å². The van der Waals surface area contributed by atoms with E-state index in [-0.39, 0.29) is 23.1 Å². The Labute approximate surface area is 83.7 Å². The van der Waals surface area contributed by atoms with Crippen LogP contribution in [-0.4, -0.2) is 29.8 Å². The van der Waals surface area contributed by atoms with Gasteiger partial charge in [0.25, 0.3) is 0 Å². The molecule has 0 amide bonds. The molecule has 70 valence electrons. The van der Waals surface area contributed by atoms with Crippen LogP contribution < -0.4 is 0 Å². The maximum atomic E-state index is 11.1. The fraction of sp³-hybridized carbons (Fsp3) is 0.875. The van der Waals surface area contributed by atoms with Crippen LogP contribution in [0.15, 0.2) is 0 Å². The van der Waals surface area contributed by atoms with Gasteiger partial charge in [0.05, 0.1) is 0 Å². The fourth-order valence-corrected chi connectivity index (χ4v) is 2.41. The van der Waals surface area contributed by atoms with Crippen LogP contribution in [0.2, 0.25) is 0 Å². The first-order chi connectivity index (χ1) is 5.23. The number of hydrogen-bond donors (Lipinski definition) is 0. The third-order valence-corrected chi connectivity index (χ3v) is 3.54. The molecule has 0 radical (unpaired) electrons. The molecule has 0 atom stereocenters. The molecule has 0 aliphatic carbocycles. The molecule has 0 aromatic heterocycles. The van der Waals surface area contributed by atoms with Gasteiger partial charge in [0.2, 0.25) is 5.24 Å². The van der Waals surface area contributed by atoms with Gasteiger partial charge in [0, 0.05) is 5.41 Å². The first-order valence-electron chi connectivity index (χ1n) is 4.15. The second-order valence-electron chi connectivity index (χ2n) is 3.65. The van der Waals surface area contributed by atoms with E-state index in [2.05, 4.69) is 4.90 Å². The Morgan fingerprint density at radius 1 is 1.17 bits per heavy atom. The second-order valence-corrected chi connectivity index (χ2v) is 3.99. The smallest absolute Gasteiger partial charge is 0.227 e. The van der Waals surface area contributed by atoms with Gasteiger partial charge in [-0.25, -0.2) is 0 Å². The summed E-state index contributed by atoms with van der Waals surface area (Å²) in [6.07, 6.45) is 2.94. The molecule has 4 heteroatoms. The number of carbonyl (C=O) groups excluding carboxylic acids is 1. The summed E-state index contributed by atoms with van der Waals surface area (Å²) in [6, 6.07) is 0. The Balaban J connectivity index is 0.000000720. The van der Waals surface area contributed by atoms with E-state index in [1.807, 2.05) is 0 Å². The molecule has 3 aliphatic heterocycles. The van der Waals surface area contributed by atoms with Gasteiger partial charge in [-0.2, -0.15) is 0 Å². The summed E-state index contributed by atoms with van der Waals surface area (Å²) in [5.41, 5.74) is -0.129. The topological polar surface area (TPSA) is 20.3 Å². The van der Waals surface area contributed by atoms with Gasteiger partial charge in [0.1, 0.15) is 0 Å². The van der Waals surface area contributed by atoms with E-state index < -0.39 is 0 Å². The van der Waals surface area contributed by atoms with E-state index in [1.165, 1.54) is 0 Å². The SMILES string of the molecule is Cl.O=C(Cl)C12CCN(CC1)CC2. The fourth-order valence-electron chi connectivity index (χ4n) is 2.12. The molecule has 3 saturated heterocycles. The van der Waals surface area contributed by atoms with Crippen molar-refractivity contribution < 1.29 is 4.79 Å². The van der Waals surface area contributed by atoms with Crippen molar-refractivity contribution in [2.75, 3.05) is 19.6 Å². The molecule has 2 bridgehead atoms. The van der Waals surface area contributed by atoms with E-state index in [9.17, 15) is 4.79 Å². The third-order valence-electron chi connectivity index (χ3n) is 3.14. The van der Waals surface area contributed by atoms with E-state index in [1.54, 1.807) is 0 Å². The predicted octanol–water partition coefficient (Wildman–Crippen LogP) is 1.66. The zero-order chi connectivity index (χ0) is 7.90. The molecular weight excluding hydrogens is 197 g/mol. The van der Waals surface area contributed by atoms with Crippen molar-refractivity contribution in [3.8, 4) is 0 Å². The molecule has 0 aromatic rings.